The van der Waals surface area contributed by atoms with Gasteiger partial charge in [0.1, 0.15) is 5.82 Å². The normalized spacial score (nSPS) is 18.1. The third kappa shape index (κ3) is 5.39. The standard InChI is InChI=1S/C13H15BrF4N2.ClH/c14-10-2-1-9(7-11(10)15)12(8-13(16,17)18)20-5-3-19-4-6-20;/h1-2,7,12,19H,3-6,8H2;1H/t12-;/m0./s1. The van der Waals surface area contributed by atoms with Gasteiger partial charge in [0, 0.05) is 32.2 Å². The van der Waals surface area contributed by atoms with Crippen molar-refractivity contribution in [3.8, 4) is 0 Å². The summed E-state index contributed by atoms with van der Waals surface area (Å²) in [6.07, 6.45) is -5.24. The number of hydrogen-bond acceptors (Lipinski definition) is 2. The number of nitrogens with zero attached hydrogens (tertiary/aromatic N) is 1. The first-order valence-electron chi connectivity index (χ1n) is 6.33. The van der Waals surface area contributed by atoms with Crippen molar-refractivity contribution in [2.75, 3.05) is 26.2 Å². The fourth-order valence-corrected chi connectivity index (χ4v) is 2.64. The van der Waals surface area contributed by atoms with E-state index in [2.05, 4.69) is 21.2 Å². The van der Waals surface area contributed by atoms with Gasteiger partial charge in [-0.15, -0.1) is 12.4 Å². The molecule has 1 aliphatic heterocycles. The smallest absolute Gasteiger partial charge is 0.314 e. The summed E-state index contributed by atoms with van der Waals surface area (Å²) >= 11 is 3.02. The molecule has 0 radical (unpaired) electrons. The fourth-order valence-electron chi connectivity index (χ4n) is 2.39. The first-order chi connectivity index (χ1) is 9.37. The van der Waals surface area contributed by atoms with Crippen LogP contribution in [0.5, 0.6) is 0 Å². The van der Waals surface area contributed by atoms with Gasteiger partial charge in [0.05, 0.1) is 10.9 Å². The van der Waals surface area contributed by atoms with Gasteiger partial charge in [0.2, 0.25) is 0 Å². The topological polar surface area (TPSA) is 15.3 Å². The molecule has 0 aromatic heterocycles. The lowest BCUT2D eigenvalue weighted by atomic mass is 10.0. The quantitative estimate of drug-likeness (QED) is 0.786. The Morgan fingerprint density at radius 1 is 1.24 bits per heavy atom. The van der Waals surface area contributed by atoms with E-state index in [9.17, 15) is 17.6 Å². The monoisotopic (exact) mass is 390 g/mol. The Hall–Kier alpha value is -0.370. The van der Waals surface area contributed by atoms with Crippen LogP contribution in [-0.4, -0.2) is 37.3 Å². The van der Waals surface area contributed by atoms with Gasteiger partial charge in [0.15, 0.2) is 0 Å². The number of benzene rings is 1. The van der Waals surface area contributed by atoms with Crippen molar-refractivity contribution in [1.82, 2.24) is 10.2 Å². The zero-order valence-corrected chi connectivity index (χ0v) is 13.5. The molecule has 1 aromatic rings. The number of hydrogen-bond donors (Lipinski definition) is 1. The molecule has 0 aliphatic carbocycles. The molecule has 1 saturated heterocycles. The van der Waals surface area contributed by atoms with Crippen molar-refractivity contribution in [3.05, 3.63) is 34.1 Å². The summed E-state index contributed by atoms with van der Waals surface area (Å²) in [5, 5.41) is 3.10. The minimum atomic E-state index is -4.28. The molecule has 2 nitrogen and oxygen atoms in total. The number of halogens is 6. The van der Waals surface area contributed by atoms with Crippen molar-refractivity contribution < 1.29 is 17.6 Å². The van der Waals surface area contributed by atoms with Gasteiger partial charge in [-0.2, -0.15) is 13.2 Å². The van der Waals surface area contributed by atoms with Crippen LogP contribution in [0.4, 0.5) is 17.6 Å². The van der Waals surface area contributed by atoms with E-state index in [4.69, 9.17) is 0 Å². The van der Waals surface area contributed by atoms with Crippen LogP contribution >= 0.6 is 28.3 Å². The van der Waals surface area contributed by atoms with Crippen LogP contribution in [0.15, 0.2) is 22.7 Å². The van der Waals surface area contributed by atoms with Crippen molar-refractivity contribution in [3.63, 3.8) is 0 Å². The predicted molar refractivity (Wildman–Crippen MR) is 79.2 cm³/mol. The molecule has 1 atom stereocenters. The highest BCUT2D eigenvalue weighted by Crippen LogP contribution is 2.35. The summed E-state index contributed by atoms with van der Waals surface area (Å²) < 4.78 is 52.2. The predicted octanol–water partition coefficient (Wildman–Crippen LogP) is 3.91. The summed E-state index contributed by atoms with van der Waals surface area (Å²) in [6.45, 7) is 2.34. The first kappa shape index (κ1) is 18.7. The lowest BCUT2D eigenvalue weighted by molar-refractivity contribution is -0.148. The van der Waals surface area contributed by atoms with Gasteiger partial charge < -0.3 is 5.32 Å². The van der Waals surface area contributed by atoms with Crippen LogP contribution in [0.25, 0.3) is 0 Å². The summed E-state index contributed by atoms with van der Waals surface area (Å²) in [6, 6.07) is 3.35. The molecule has 0 spiro atoms. The second-order valence-corrected chi connectivity index (χ2v) is 5.65. The average molecular weight is 392 g/mol. The molecule has 2 rings (SSSR count). The van der Waals surface area contributed by atoms with E-state index >= 15 is 0 Å². The summed E-state index contributed by atoms with van der Waals surface area (Å²) in [7, 11) is 0. The molecule has 0 unspecified atom stereocenters. The molecular formula is C13H16BrClF4N2. The van der Waals surface area contributed by atoms with Gasteiger partial charge in [-0.25, -0.2) is 4.39 Å². The number of nitrogens with one attached hydrogen (secondary N) is 1. The zero-order chi connectivity index (χ0) is 14.8. The highest BCUT2D eigenvalue weighted by molar-refractivity contribution is 9.10. The zero-order valence-electron chi connectivity index (χ0n) is 11.1. The maximum absolute atomic E-state index is 13.6. The second kappa shape index (κ2) is 7.76. The second-order valence-electron chi connectivity index (χ2n) is 4.79. The molecular weight excluding hydrogens is 376 g/mol. The maximum Gasteiger partial charge on any atom is 0.390 e. The molecule has 0 saturated carbocycles. The lowest BCUT2D eigenvalue weighted by Gasteiger charge is -2.35. The van der Waals surface area contributed by atoms with Crippen molar-refractivity contribution >= 4 is 28.3 Å². The highest BCUT2D eigenvalue weighted by Gasteiger charge is 2.36. The largest absolute Gasteiger partial charge is 0.390 e. The van der Waals surface area contributed by atoms with Gasteiger partial charge in [-0.3, -0.25) is 4.90 Å². The van der Waals surface area contributed by atoms with Gasteiger partial charge in [-0.05, 0) is 33.6 Å². The average Bonchev–Trinajstić information content (AvgIpc) is 2.39. The molecule has 0 amide bonds. The maximum atomic E-state index is 13.6. The Bertz CT molecular complexity index is 464. The molecule has 120 valence electrons. The Morgan fingerprint density at radius 3 is 2.38 bits per heavy atom. The molecule has 1 aromatic carbocycles. The van der Waals surface area contributed by atoms with Gasteiger partial charge in [0.25, 0.3) is 0 Å². The molecule has 21 heavy (non-hydrogen) atoms. The van der Waals surface area contributed by atoms with Crippen LogP contribution in [0.3, 0.4) is 0 Å². The molecule has 0 bridgehead atoms. The fraction of sp³-hybridized carbons (Fsp3) is 0.538. The van der Waals surface area contributed by atoms with Gasteiger partial charge >= 0.3 is 6.18 Å². The van der Waals surface area contributed by atoms with Crippen molar-refractivity contribution in [2.24, 2.45) is 0 Å². The third-order valence-corrected chi connectivity index (χ3v) is 3.99. The molecule has 1 N–H and O–H groups in total. The van der Waals surface area contributed by atoms with Crippen LogP contribution < -0.4 is 5.32 Å². The third-order valence-electron chi connectivity index (χ3n) is 3.35. The van der Waals surface area contributed by atoms with E-state index < -0.39 is 24.5 Å². The Balaban J connectivity index is 0.00000220. The van der Waals surface area contributed by atoms with Crippen molar-refractivity contribution in [2.45, 2.75) is 18.6 Å². The van der Waals surface area contributed by atoms with E-state index in [0.29, 0.717) is 31.7 Å². The minimum absolute atomic E-state index is 0. The molecule has 1 fully saturated rings. The van der Waals surface area contributed by atoms with Crippen LogP contribution in [-0.2, 0) is 0 Å². The molecule has 1 aliphatic rings. The Morgan fingerprint density at radius 2 is 1.86 bits per heavy atom. The van der Waals surface area contributed by atoms with E-state index in [1.165, 1.54) is 12.1 Å². The lowest BCUT2D eigenvalue weighted by Crippen LogP contribution is -2.46. The van der Waals surface area contributed by atoms with E-state index in [-0.39, 0.29) is 16.9 Å². The van der Waals surface area contributed by atoms with Crippen LogP contribution in [0, 0.1) is 5.82 Å². The molecule has 1 heterocycles. The Kier molecular flexibility index (Phi) is 6.90. The first-order valence-corrected chi connectivity index (χ1v) is 7.12. The van der Waals surface area contributed by atoms with Crippen LogP contribution in [0.2, 0.25) is 0 Å². The van der Waals surface area contributed by atoms with Gasteiger partial charge in [-0.1, -0.05) is 6.07 Å². The summed E-state index contributed by atoms with van der Waals surface area (Å²) in [4.78, 5) is 1.76. The van der Waals surface area contributed by atoms with E-state index in [1.807, 2.05) is 0 Å². The summed E-state index contributed by atoms with van der Waals surface area (Å²) in [5.41, 5.74) is 0.366. The minimum Gasteiger partial charge on any atom is -0.314 e. The van der Waals surface area contributed by atoms with Crippen LogP contribution in [0.1, 0.15) is 18.0 Å². The number of piperazine rings is 1. The SMILES string of the molecule is Cl.Fc1cc([C@H](CC(F)(F)F)N2CCNCC2)ccc1Br. The highest BCUT2D eigenvalue weighted by atomic mass is 79.9. The Labute approximate surface area is 135 Å². The van der Waals surface area contributed by atoms with E-state index in [0.717, 1.165) is 0 Å². The molecule has 8 heteroatoms. The number of alkyl halides is 3. The van der Waals surface area contributed by atoms with E-state index in [1.54, 1.807) is 11.0 Å². The van der Waals surface area contributed by atoms with Crippen molar-refractivity contribution in [1.29, 1.82) is 0 Å². The summed E-state index contributed by atoms with van der Waals surface area (Å²) in [5.74, 6) is -0.537. The number of rotatable bonds is 3.